The van der Waals surface area contributed by atoms with Gasteiger partial charge < -0.3 is 11.1 Å². The van der Waals surface area contributed by atoms with Crippen LogP contribution in [0.3, 0.4) is 0 Å². The van der Waals surface area contributed by atoms with Crippen molar-refractivity contribution in [3.63, 3.8) is 0 Å². The highest BCUT2D eigenvalue weighted by Gasteiger charge is 2.37. The van der Waals surface area contributed by atoms with E-state index in [1.165, 1.54) is 12.1 Å². The molecule has 1 aromatic carbocycles. The Morgan fingerprint density at radius 3 is 2.53 bits per heavy atom. The minimum absolute atomic E-state index is 0.111. The standard InChI is InChI=1S/C24H17F3N6O/c1-4-18-17(10-14-11-31-23(29-3)33-22(14)32-18)16-9-13(6-5-12(16)2)19-15(21(28)34)7-8-30-20(19)24(25,26)27/h1,5-11H,2-3H3,(H2,28,34)(H,29,31,32,33). The number of nitrogens with two attached hydrogens (primary N) is 1. The van der Waals surface area contributed by atoms with Gasteiger partial charge in [0.05, 0.1) is 5.56 Å². The van der Waals surface area contributed by atoms with Gasteiger partial charge in [0, 0.05) is 36.0 Å². The third-order valence-electron chi connectivity index (χ3n) is 5.23. The number of rotatable bonds is 4. The summed E-state index contributed by atoms with van der Waals surface area (Å²) in [7, 11) is 1.67. The Bertz CT molecular complexity index is 1490. The fraction of sp³-hybridized carbons (Fsp3) is 0.125. The fourth-order valence-corrected chi connectivity index (χ4v) is 3.64. The molecule has 1 amide bonds. The lowest BCUT2D eigenvalue weighted by Crippen LogP contribution is -2.18. The highest BCUT2D eigenvalue weighted by molar-refractivity contribution is 6.01. The lowest BCUT2D eigenvalue weighted by molar-refractivity contribution is -0.140. The maximum absolute atomic E-state index is 13.8. The number of primary amides is 1. The molecule has 0 fully saturated rings. The first kappa shape index (κ1) is 22.7. The van der Waals surface area contributed by atoms with Crippen molar-refractivity contribution in [3.8, 4) is 34.6 Å². The second kappa shape index (κ2) is 8.44. The van der Waals surface area contributed by atoms with Gasteiger partial charge in [0.2, 0.25) is 11.9 Å². The molecule has 0 spiro atoms. The minimum atomic E-state index is -4.80. The van der Waals surface area contributed by atoms with Crippen LogP contribution >= 0.6 is 0 Å². The first-order chi connectivity index (χ1) is 16.1. The molecule has 0 unspecified atom stereocenters. The van der Waals surface area contributed by atoms with E-state index in [9.17, 15) is 18.0 Å². The lowest BCUT2D eigenvalue weighted by Gasteiger charge is -2.17. The summed E-state index contributed by atoms with van der Waals surface area (Å²) in [4.78, 5) is 28.3. The van der Waals surface area contributed by atoms with Gasteiger partial charge in [-0.15, -0.1) is 6.42 Å². The molecule has 0 bridgehead atoms. The number of benzene rings is 1. The van der Waals surface area contributed by atoms with Crippen LogP contribution in [0.15, 0.2) is 42.7 Å². The van der Waals surface area contributed by atoms with E-state index in [2.05, 4.69) is 31.2 Å². The molecule has 0 radical (unpaired) electrons. The van der Waals surface area contributed by atoms with Crippen LogP contribution in [-0.2, 0) is 6.18 Å². The number of aryl methyl sites for hydroxylation is 1. The van der Waals surface area contributed by atoms with Crippen LogP contribution in [0.4, 0.5) is 19.1 Å². The second-order valence-electron chi connectivity index (χ2n) is 7.36. The number of alkyl halides is 3. The molecule has 0 aliphatic rings. The number of pyridine rings is 2. The molecule has 3 aromatic heterocycles. The van der Waals surface area contributed by atoms with Gasteiger partial charge in [-0.3, -0.25) is 9.78 Å². The average Bonchev–Trinajstić information content (AvgIpc) is 2.82. The van der Waals surface area contributed by atoms with Crippen LogP contribution in [0.1, 0.15) is 27.3 Å². The first-order valence-corrected chi connectivity index (χ1v) is 9.93. The van der Waals surface area contributed by atoms with Gasteiger partial charge in [-0.1, -0.05) is 12.1 Å². The Hall–Kier alpha value is -4.52. The number of hydrogen-bond acceptors (Lipinski definition) is 6. The maximum atomic E-state index is 13.8. The Kier molecular flexibility index (Phi) is 5.63. The van der Waals surface area contributed by atoms with Gasteiger partial charge in [0.15, 0.2) is 11.3 Å². The summed E-state index contributed by atoms with van der Waals surface area (Å²) in [5, 5.41) is 3.41. The molecule has 3 heterocycles. The molecular formula is C24H17F3N6O. The van der Waals surface area contributed by atoms with Crippen molar-refractivity contribution < 1.29 is 18.0 Å². The van der Waals surface area contributed by atoms with Gasteiger partial charge in [0.1, 0.15) is 5.69 Å². The van der Waals surface area contributed by atoms with E-state index in [0.717, 1.165) is 17.8 Å². The summed E-state index contributed by atoms with van der Waals surface area (Å²) in [6.07, 6.45) is 3.37. The summed E-state index contributed by atoms with van der Waals surface area (Å²) < 4.78 is 41.3. The Morgan fingerprint density at radius 2 is 1.88 bits per heavy atom. The number of nitrogens with one attached hydrogen (secondary N) is 1. The quantitative estimate of drug-likeness (QED) is 0.440. The SMILES string of the molecule is C#Cc1nc2nc(NC)ncc2cc1-c1cc(-c2c(C(N)=O)ccnc2C(F)(F)F)ccc1C. The van der Waals surface area contributed by atoms with Crippen LogP contribution in [0.5, 0.6) is 0 Å². The number of carbonyl (C=O) groups is 1. The van der Waals surface area contributed by atoms with Crippen molar-refractivity contribution in [2.24, 2.45) is 5.73 Å². The number of aromatic nitrogens is 4. The zero-order valence-corrected chi connectivity index (χ0v) is 18.0. The molecule has 0 atom stereocenters. The molecular weight excluding hydrogens is 445 g/mol. The van der Waals surface area contributed by atoms with Crippen molar-refractivity contribution >= 4 is 22.9 Å². The summed E-state index contributed by atoms with van der Waals surface area (Å²) in [5.74, 6) is 1.88. The third kappa shape index (κ3) is 3.99. The van der Waals surface area contributed by atoms with Crippen molar-refractivity contribution in [2.45, 2.75) is 13.1 Å². The van der Waals surface area contributed by atoms with E-state index >= 15 is 0 Å². The predicted molar refractivity (Wildman–Crippen MR) is 122 cm³/mol. The van der Waals surface area contributed by atoms with Gasteiger partial charge >= 0.3 is 6.18 Å². The van der Waals surface area contributed by atoms with Crippen LogP contribution < -0.4 is 11.1 Å². The molecule has 0 aliphatic heterocycles. The van der Waals surface area contributed by atoms with E-state index in [-0.39, 0.29) is 16.8 Å². The number of nitrogens with zero attached hydrogens (tertiary/aromatic N) is 4. The monoisotopic (exact) mass is 462 g/mol. The van der Waals surface area contributed by atoms with E-state index in [1.54, 1.807) is 32.3 Å². The van der Waals surface area contributed by atoms with Crippen molar-refractivity contribution in [2.75, 3.05) is 12.4 Å². The topological polar surface area (TPSA) is 107 Å². The normalized spacial score (nSPS) is 11.3. The van der Waals surface area contributed by atoms with E-state index in [1.807, 2.05) is 0 Å². The minimum Gasteiger partial charge on any atom is -0.366 e. The number of amides is 1. The number of halogens is 3. The first-order valence-electron chi connectivity index (χ1n) is 9.93. The molecule has 3 N–H and O–H groups in total. The van der Waals surface area contributed by atoms with Gasteiger partial charge in [-0.05, 0) is 47.7 Å². The summed E-state index contributed by atoms with van der Waals surface area (Å²) in [6.45, 7) is 1.78. The van der Waals surface area contributed by atoms with Crippen LogP contribution in [0.25, 0.3) is 33.3 Å². The highest BCUT2D eigenvalue weighted by atomic mass is 19.4. The van der Waals surface area contributed by atoms with Gasteiger partial charge in [0.25, 0.3) is 0 Å². The van der Waals surface area contributed by atoms with Gasteiger partial charge in [-0.2, -0.15) is 18.2 Å². The summed E-state index contributed by atoms with van der Waals surface area (Å²) in [6, 6.07) is 7.51. The van der Waals surface area contributed by atoms with Crippen molar-refractivity contribution in [1.29, 1.82) is 0 Å². The Balaban J connectivity index is 2.00. The molecule has 34 heavy (non-hydrogen) atoms. The number of hydrogen-bond donors (Lipinski definition) is 2. The number of terminal acetylenes is 1. The lowest BCUT2D eigenvalue weighted by atomic mass is 9.91. The zero-order valence-electron chi connectivity index (χ0n) is 18.0. The van der Waals surface area contributed by atoms with E-state index in [0.29, 0.717) is 28.1 Å². The Morgan fingerprint density at radius 1 is 1.12 bits per heavy atom. The van der Waals surface area contributed by atoms with Crippen molar-refractivity contribution in [1.82, 2.24) is 19.9 Å². The summed E-state index contributed by atoms with van der Waals surface area (Å²) in [5.41, 5.74) is 5.99. The fourth-order valence-electron chi connectivity index (χ4n) is 3.64. The average molecular weight is 462 g/mol. The molecule has 4 rings (SSSR count). The molecule has 10 heteroatoms. The third-order valence-corrected chi connectivity index (χ3v) is 5.23. The largest absolute Gasteiger partial charge is 0.433 e. The molecule has 7 nitrogen and oxygen atoms in total. The second-order valence-corrected chi connectivity index (χ2v) is 7.36. The smallest absolute Gasteiger partial charge is 0.366 e. The molecule has 170 valence electrons. The van der Waals surface area contributed by atoms with E-state index < -0.39 is 23.3 Å². The Labute approximate surface area is 192 Å². The maximum Gasteiger partial charge on any atom is 0.433 e. The predicted octanol–water partition coefficient (Wildman–Crippen LogP) is 4.20. The molecule has 4 aromatic rings. The van der Waals surface area contributed by atoms with Gasteiger partial charge in [-0.25, -0.2) is 9.97 Å². The van der Waals surface area contributed by atoms with Crippen LogP contribution in [-0.4, -0.2) is 32.9 Å². The molecule has 0 saturated carbocycles. The molecule has 0 aliphatic carbocycles. The van der Waals surface area contributed by atoms with Crippen molar-refractivity contribution in [3.05, 3.63) is 65.2 Å². The van der Waals surface area contributed by atoms with Crippen LogP contribution in [0, 0.1) is 19.3 Å². The van der Waals surface area contributed by atoms with Crippen LogP contribution in [0.2, 0.25) is 0 Å². The van der Waals surface area contributed by atoms with E-state index in [4.69, 9.17) is 12.2 Å². The number of fused-ring (bicyclic) bond motifs is 1. The number of anilines is 1. The number of carbonyl (C=O) groups excluding carboxylic acids is 1. The molecule has 0 saturated heterocycles. The highest BCUT2D eigenvalue weighted by Crippen LogP contribution is 2.39. The zero-order chi connectivity index (χ0) is 24.6. The summed E-state index contributed by atoms with van der Waals surface area (Å²) >= 11 is 0.